The number of rotatable bonds is 8. The fourth-order valence-corrected chi connectivity index (χ4v) is 6.26. The van der Waals surface area contributed by atoms with E-state index in [9.17, 15) is 14.4 Å². The van der Waals surface area contributed by atoms with Crippen molar-refractivity contribution in [3.05, 3.63) is 122 Å². The van der Waals surface area contributed by atoms with Crippen LogP contribution >= 0.6 is 15.9 Å². The maximum Gasteiger partial charge on any atom is 0.333 e. The monoisotopic (exact) mass is 707 g/mol. The van der Waals surface area contributed by atoms with Gasteiger partial charge < -0.3 is 20.7 Å². The smallest absolute Gasteiger partial charge is 0.333 e. The van der Waals surface area contributed by atoms with Gasteiger partial charge in [-0.25, -0.2) is 14.8 Å². The summed E-state index contributed by atoms with van der Waals surface area (Å²) in [5, 5.41) is 3.03. The molecule has 2 amide bonds. The molecule has 1 atom stereocenters. The van der Waals surface area contributed by atoms with Gasteiger partial charge in [0.15, 0.2) is 5.82 Å². The number of ether oxygens (including phenoxy) is 1. The number of carbonyl (C=O) groups is 2. The molecule has 2 aromatic heterocycles. The predicted octanol–water partition coefficient (Wildman–Crippen LogP) is 5.26. The van der Waals surface area contributed by atoms with E-state index in [1.165, 1.54) is 4.57 Å². The van der Waals surface area contributed by atoms with Gasteiger partial charge in [-0.3, -0.25) is 18.7 Å². The van der Waals surface area contributed by atoms with Crippen molar-refractivity contribution in [3.8, 4) is 22.8 Å². The topological polar surface area (TPSA) is 137 Å². The second-order valence-corrected chi connectivity index (χ2v) is 13.1. The molecular formula is C36H34BrN7O4. The van der Waals surface area contributed by atoms with Crippen LogP contribution in [0.1, 0.15) is 57.4 Å². The van der Waals surface area contributed by atoms with E-state index < -0.39 is 5.91 Å². The molecule has 11 nitrogen and oxygen atoms in total. The highest BCUT2D eigenvalue weighted by molar-refractivity contribution is 9.10. The molecule has 12 heteroatoms. The molecule has 48 heavy (non-hydrogen) atoms. The second-order valence-electron chi connectivity index (χ2n) is 12.2. The number of hydrogen-bond acceptors (Lipinski definition) is 7. The number of nitrogens with one attached hydrogen (secondary N) is 1. The van der Waals surface area contributed by atoms with E-state index in [4.69, 9.17) is 10.5 Å². The third-order valence-electron chi connectivity index (χ3n) is 8.72. The van der Waals surface area contributed by atoms with Crippen LogP contribution in [0.25, 0.3) is 17.1 Å². The molecule has 2 aliphatic rings. The lowest BCUT2D eigenvalue weighted by Crippen LogP contribution is -2.47. The fraction of sp³-hybridized carbons (Fsp3) is 0.250. The maximum absolute atomic E-state index is 14.3. The summed E-state index contributed by atoms with van der Waals surface area (Å²) < 4.78 is 9.88. The number of amides is 2. The molecule has 1 fully saturated rings. The van der Waals surface area contributed by atoms with Gasteiger partial charge in [0, 0.05) is 40.9 Å². The molecule has 244 valence electrons. The van der Waals surface area contributed by atoms with Gasteiger partial charge in [0.1, 0.15) is 17.3 Å². The Morgan fingerprint density at radius 2 is 1.83 bits per heavy atom. The van der Waals surface area contributed by atoms with E-state index in [1.807, 2.05) is 62.4 Å². The first-order chi connectivity index (χ1) is 23.2. The molecule has 7 rings (SSSR count). The molecule has 1 aliphatic heterocycles. The standard InChI is InChI=1S/C36H34BrN7O4/c1-21-17-23(7-14-29(21)37)35(46)42-20-30-32(34(45)40-18-24-5-3-4-6-28(24)33-39-16-15-31(38)41-33)44(36(47)43(30)19-22(42)2)25-8-10-26(11-9-25)48-27-12-13-27/h3-11,14-17,22,27H,12-13,18-20H2,1-2H3,(H,40,45)(H2,38,39,41). The summed E-state index contributed by atoms with van der Waals surface area (Å²) in [7, 11) is 0. The second kappa shape index (κ2) is 12.8. The highest BCUT2D eigenvalue weighted by atomic mass is 79.9. The number of halogens is 1. The van der Waals surface area contributed by atoms with Crippen molar-refractivity contribution in [2.75, 3.05) is 5.73 Å². The van der Waals surface area contributed by atoms with Crippen LogP contribution in [-0.2, 0) is 19.6 Å². The summed E-state index contributed by atoms with van der Waals surface area (Å²) in [6.45, 7) is 4.29. The molecule has 1 aliphatic carbocycles. The van der Waals surface area contributed by atoms with E-state index in [1.54, 1.807) is 39.9 Å². The summed E-state index contributed by atoms with van der Waals surface area (Å²) in [4.78, 5) is 52.7. The van der Waals surface area contributed by atoms with Crippen LogP contribution in [0.5, 0.6) is 5.75 Å². The van der Waals surface area contributed by atoms with Gasteiger partial charge in [-0.05, 0) is 86.3 Å². The lowest BCUT2D eigenvalue weighted by Gasteiger charge is -2.34. The molecule has 0 saturated heterocycles. The van der Waals surface area contributed by atoms with Crippen molar-refractivity contribution < 1.29 is 14.3 Å². The zero-order valence-electron chi connectivity index (χ0n) is 26.5. The van der Waals surface area contributed by atoms with Crippen molar-refractivity contribution in [2.24, 2.45) is 0 Å². The number of imidazole rings is 1. The Morgan fingerprint density at radius 3 is 2.56 bits per heavy atom. The van der Waals surface area contributed by atoms with Crippen LogP contribution < -0.4 is 21.5 Å². The largest absolute Gasteiger partial charge is 0.490 e. The molecule has 0 spiro atoms. The molecule has 1 unspecified atom stereocenters. The quantitative estimate of drug-likeness (QED) is 0.224. The Bertz CT molecular complexity index is 2100. The number of nitrogens with two attached hydrogens (primary N) is 1. The zero-order valence-corrected chi connectivity index (χ0v) is 28.1. The van der Waals surface area contributed by atoms with Crippen LogP contribution in [0.2, 0.25) is 0 Å². The number of fused-ring (bicyclic) bond motifs is 1. The predicted molar refractivity (Wildman–Crippen MR) is 185 cm³/mol. The van der Waals surface area contributed by atoms with Gasteiger partial charge in [-0.1, -0.05) is 40.2 Å². The number of anilines is 1. The summed E-state index contributed by atoms with van der Waals surface area (Å²) in [6, 6.07) is 21.5. The number of hydrogen-bond donors (Lipinski definition) is 2. The van der Waals surface area contributed by atoms with Crippen molar-refractivity contribution in [2.45, 2.75) is 58.5 Å². The van der Waals surface area contributed by atoms with Crippen LogP contribution in [0.4, 0.5) is 5.82 Å². The van der Waals surface area contributed by atoms with Gasteiger partial charge in [-0.2, -0.15) is 0 Å². The van der Waals surface area contributed by atoms with Crippen molar-refractivity contribution >= 4 is 33.6 Å². The summed E-state index contributed by atoms with van der Waals surface area (Å²) in [5.74, 6) is 0.860. The van der Waals surface area contributed by atoms with Crippen LogP contribution in [0, 0.1) is 6.92 Å². The number of nitrogens with zero attached hydrogens (tertiary/aromatic N) is 5. The van der Waals surface area contributed by atoms with Crippen molar-refractivity contribution in [1.82, 2.24) is 29.3 Å². The van der Waals surface area contributed by atoms with Crippen molar-refractivity contribution in [3.63, 3.8) is 0 Å². The molecule has 3 heterocycles. The Balaban J connectivity index is 1.26. The molecule has 0 bridgehead atoms. The number of aromatic nitrogens is 4. The van der Waals surface area contributed by atoms with Crippen LogP contribution in [0.15, 0.2) is 88.3 Å². The van der Waals surface area contributed by atoms with E-state index in [0.717, 1.165) is 34.0 Å². The summed E-state index contributed by atoms with van der Waals surface area (Å²) >= 11 is 3.51. The van der Waals surface area contributed by atoms with Gasteiger partial charge in [0.2, 0.25) is 0 Å². The maximum atomic E-state index is 14.3. The minimum atomic E-state index is -0.455. The van der Waals surface area contributed by atoms with Crippen LogP contribution in [0.3, 0.4) is 0 Å². The average molecular weight is 709 g/mol. The Morgan fingerprint density at radius 1 is 1.06 bits per heavy atom. The summed E-state index contributed by atoms with van der Waals surface area (Å²) in [5.41, 5.74) is 9.70. The highest BCUT2D eigenvalue weighted by Gasteiger charge is 2.35. The molecule has 0 radical (unpaired) electrons. The minimum Gasteiger partial charge on any atom is -0.490 e. The first kappa shape index (κ1) is 31.4. The van der Waals surface area contributed by atoms with Gasteiger partial charge in [0.25, 0.3) is 11.8 Å². The SMILES string of the molecule is Cc1cc(C(=O)N2Cc3c(C(=O)NCc4ccccc4-c4nccc(N)n4)n(-c4ccc(OC5CC5)cc4)c(=O)n3CC2C)ccc1Br. The lowest BCUT2D eigenvalue weighted by molar-refractivity contribution is 0.0610. The Labute approximate surface area is 285 Å². The molecule has 3 aromatic carbocycles. The number of benzene rings is 3. The molecule has 1 saturated carbocycles. The number of aryl methyl sites for hydroxylation is 1. The van der Waals surface area contributed by atoms with Crippen molar-refractivity contribution in [1.29, 1.82) is 0 Å². The van der Waals surface area contributed by atoms with Gasteiger partial charge >= 0.3 is 5.69 Å². The van der Waals surface area contributed by atoms with E-state index in [2.05, 4.69) is 31.2 Å². The van der Waals surface area contributed by atoms with Crippen LogP contribution in [-0.4, -0.2) is 48.0 Å². The average Bonchev–Trinajstić information content (AvgIpc) is 3.86. The normalized spacial score (nSPS) is 15.6. The molecule has 5 aromatic rings. The Kier molecular flexibility index (Phi) is 8.34. The molecular weight excluding hydrogens is 674 g/mol. The highest BCUT2D eigenvalue weighted by Crippen LogP contribution is 2.29. The summed E-state index contributed by atoms with van der Waals surface area (Å²) in [6.07, 6.45) is 3.86. The van der Waals surface area contributed by atoms with Gasteiger partial charge in [-0.15, -0.1) is 0 Å². The van der Waals surface area contributed by atoms with Gasteiger partial charge in [0.05, 0.1) is 24.0 Å². The number of nitrogen functional groups attached to an aromatic ring is 1. The third-order valence-corrected chi connectivity index (χ3v) is 9.61. The van der Waals surface area contributed by atoms with E-state index >= 15 is 0 Å². The van der Waals surface area contributed by atoms with E-state index in [-0.39, 0.29) is 49.1 Å². The minimum absolute atomic E-state index is 0.0801. The first-order valence-electron chi connectivity index (χ1n) is 15.8. The Hall–Kier alpha value is -5.23. The lowest BCUT2D eigenvalue weighted by atomic mass is 10.1. The third kappa shape index (κ3) is 6.11. The number of carbonyl (C=O) groups excluding carboxylic acids is 2. The zero-order chi connectivity index (χ0) is 33.5. The fourth-order valence-electron chi connectivity index (χ4n) is 6.01. The molecule has 3 N–H and O–H groups in total. The van der Waals surface area contributed by atoms with E-state index in [0.29, 0.717) is 34.3 Å². The first-order valence-corrected chi connectivity index (χ1v) is 16.6.